The van der Waals surface area contributed by atoms with Crippen LogP contribution in [-0.4, -0.2) is 26.2 Å². The van der Waals surface area contributed by atoms with Crippen LogP contribution in [0.2, 0.25) is 0 Å². The second kappa shape index (κ2) is 7.97. The van der Waals surface area contributed by atoms with Gasteiger partial charge in [0.15, 0.2) is 0 Å². The van der Waals surface area contributed by atoms with Gasteiger partial charge >= 0.3 is 6.03 Å². The summed E-state index contributed by atoms with van der Waals surface area (Å²) in [7, 11) is 1.65. The molecule has 0 aliphatic heterocycles. The number of hydrogen-bond donors (Lipinski definition) is 2. The molecule has 1 aromatic carbocycles. The second-order valence-electron chi connectivity index (χ2n) is 3.89. The molecule has 0 atom stereocenters. The van der Waals surface area contributed by atoms with E-state index in [0.717, 1.165) is 28.6 Å². The maximum absolute atomic E-state index is 11.4. The third kappa shape index (κ3) is 4.96. The number of carbonyl (C=O) groups excluding carboxylic acids is 1. The van der Waals surface area contributed by atoms with Crippen LogP contribution in [0.25, 0.3) is 0 Å². The first-order chi connectivity index (χ1) is 8.67. The fraction of sp³-hybridized carbons (Fsp3) is 0.462. The van der Waals surface area contributed by atoms with Gasteiger partial charge in [0.1, 0.15) is 5.75 Å². The van der Waals surface area contributed by atoms with Gasteiger partial charge < -0.3 is 15.4 Å². The van der Waals surface area contributed by atoms with Crippen molar-refractivity contribution in [3.8, 4) is 5.75 Å². The van der Waals surface area contributed by atoms with E-state index in [1.165, 1.54) is 0 Å². The molecular weight excluding hydrogens is 296 g/mol. The lowest BCUT2D eigenvalue weighted by atomic mass is 10.1. The summed E-state index contributed by atoms with van der Waals surface area (Å²) in [5.41, 5.74) is 1.07. The molecule has 0 saturated heterocycles. The Morgan fingerprint density at radius 2 is 2.06 bits per heavy atom. The smallest absolute Gasteiger partial charge is 0.314 e. The zero-order chi connectivity index (χ0) is 13.4. The van der Waals surface area contributed by atoms with Gasteiger partial charge in [0.2, 0.25) is 0 Å². The van der Waals surface area contributed by atoms with Crippen molar-refractivity contribution in [1.82, 2.24) is 10.6 Å². The quantitative estimate of drug-likeness (QED) is 0.848. The van der Waals surface area contributed by atoms with Crippen molar-refractivity contribution >= 4 is 22.0 Å². The molecule has 0 spiro atoms. The van der Waals surface area contributed by atoms with Gasteiger partial charge in [-0.05, 0) is 36.6 Å². The minimum atomic E-state index is -0.120. The van der Waals surface area contributed by atoms with E-state index in [9.17, 15) is 4.79 Å². The lowest BCUT2D eigenvalue weighted by molar-refractivity contribution is 0.241. The Bertz CT molecular complexity index is 397. The van der Waals surface area contributed by atoms with Crippen LogP contribution in [0.1, 0.15) is 18.9 Å². The standard InChI is InChI=1S/C13H19BrN2O2/c1-3-7-15-13(17)16-8-6-10-9-11(14)4-5-12(10)18-2/h4-5,9H,3,6-8H2,1-2H3,(H2,15,16,17). The molecule has 0 aliphatic rings. The van der Waals surface area contributed by atoms with E-state index < -0.39 is 0 Å². The summed E-state index contributed by atoms with van der Waals surface area (Å²) < 4.78 is 6.28. The van der Waals surface area contributed by atoms with Gasteiger partial charge in [-0.1, -0.05) is 22.9 Å². The number of nitrogens with one attached hydrogen (secondary N) is 2. The molecule has 1 rings (SSSR count). The van der Waals surface area contributed by atoms with Gasteiger partial charge in [-0.2, -0.15) is 0 Å². The highest BCUT2D eigenvalue weighted by molar-refractivity contribution is 9.10. The summed E-state index contributed by atoms with van der Waals surface area (Å²) in [5, 5.41) is 5.58. The molecule has 0 heterocycles. The lowest BCUT2D eigenvalue weighted by Gasteiger charge is -2.10. The van der Waals surface area contributed by atoms with Gasteiger partial charge in [-0.15, -0.1) is 0 Å². The first-order valence-electron chi connectivity index (χ1n) is 6.01. The third-order valence-electron chi connectivity index (χ3n) is 2.46. The molecule has 4 nitrogen and oxygen atoms in total. The maximum atomic E-state index is 11.4. The van der Waals surface area contributed by atoms with Gasteiger partial charge in [-0.3, -0.25) is 0 Å². The zero-order valence-electron chi connectivity index (χ0n) is 10.8. The number of amides is 2. The second-order valence-corrected chi connectivity index (χ2v) is 4.80. The maximum Gasteiger partial charge on any atom is 0.314 e. The number of methoxy groups -OCH3 is 1. The molecule has 0 fully saturated rings. The van der Waals surface area contributed by atoms with E-state index in [1.54, 1.807) is 7.11 Å². The lowest BCUT2D eigenvalue weighted by Crippen LogP contribution is -2.36. The molecule has 0 aromatic heterocycles. The summed E-state index contributed by atoms with van der Waals surface area (Å²) in [5.74, 6) is 0.842. The van der Waals surface area contributed by atoms with Crippen LogP contribution in [0.15, 0.2) is 22.7 Å². The predicted octanol–water partition coefficient (Wildman–Crippen LogP) is 2.71. The number of rotatable bonds is 6. The van der Waals surface area contributed by atoms with Crippen LogP contribution in [-0.2, 0) is 6.42 Å². The number of halogens is 1. The highest BCUT2D eigenvalue weighted by Crippen LogP contribution is 2.22. The van der Waals surface area contributed by atoms with Crippen LogP contribution in [0.4, 0.5) is 4.79 Å². The Hall–Kier alpha value is -1.23. The third-order valence-corrected chi connectivity index (χ3v) is 2.95. The van der Waals surface area contributed by atoms with E-state index in [0.29, 0.717) is 13.1 Å². The summed E-state index contributed by atoms with van der Waals surface area (Å²) in [6.07, 6.45) is 1.68. The first kappa shape index (κ1) is 14.8. The molecule has 0 bridgehead atoms. The molecule has 18 heavy (non-hydrogen) atoms. The molecule has 0 aliphatic carbocycles. The fourth-order valence-electron chi connectivity index (χ4n) is 1.55. The first-order valence-corrected chi connectivity index (χ1v) is 6.80. The van der Waals surface area contributed by atoms with Crippen molar-refractivity contribution in [2.75, 3.05) is 20.2 Å². The van der Waals surface area contributed by atoms with Crippen LogP contribution in [0.3, 0.4) is 0 Å². The van der Waals surface area contributed by atoms with Crippen LogP contribution in [0.5, 0.6) is 5.75 Å². The molecular formula is C13H19BrN2O2. The number of benzene rings is 1. The number of ether oxygens (including phenoxy) is 1. The van der Waals surface area contributed by atoms with Gasteiger partial charge in [-0.25, -0.2) is 4.79 Å². The Kier molecular flexibility index (Phi) is 6.57. The van der Waals surface area contributed by atoms with Crippen molar-refractivity contribution in [2.45, 2.75) is 19.8 Å². The van der Waals surface area contributed by atoms with E-state index >= 15 is 0 Å². The summed E-state index contributed by atoms with van der Waals surface area (Å²) in [6.45, 7) is 3.31. The Labute approximate surface area is 116 Å². The minimum absolute atomic E-state index is 0.120. The summed E-state index contributed by atoms with van der Waals surface area (Å²) in [4.78, 5) is 11.4. The SMILES string of the molecule is CCCNC(=O)NCCc1cc(Br)ccc1OC. The highest BCUT2D eigenvalue weighted by atomic mass is 79.9. The minimum Gasteiger partial charge on any atom is -0.496 e. The highest BCUT2D eigenvalue weighted by Gasteiger charge is 2.04. The normalized spacial score (nSPS) is 9.94. The van der Waals surface area contributed by atoms with E-state index in [2.05, 4.69) is 26.6 Å². The topological polar surface area (TPSA) is 50.4 Å². The van der Waals surface area contributed by atoms with E-state index in [1.807, 2.05) is 25.1 Å². The number of hydrogen-bond acceptors (Lipinski definition) is 2. The molecule has 2 N–H and O–H groups in total. The average molecular weight is 315 g/mol. The molecule has 5 heteroatoms. The Balaban J connectivity index is 2.43. The van der Waals surface area contributed by atoms with Crippen molar-refractivity contribution in [2.24, 2.45) is 0 Å². The van der Waals surface area contributed by atoms with Gasteiger partial charge in [0.05, 0.1) is 7.11 Å². The fourth-order valence-corrected chi connectivity index (χ4v) is 1.96. The van der Waals surface area contributed by atoms with Crippen molar-refractivity contribution in [3.63, 3.8) is 0 Å². The number of urea groups is 1. The zero-order valence-corrected chi connectivity index (χ0v) is 12.3. The van der Waals surface area contributed by atoms with Gasteiger partial charge in [0.25, 0.3) is 0 Å². The molecule has 100 valence electrons. The number of carbonyl (C=O) groups is 1. The van der Waals surface area contributed by atoms with Crippen LogP contribution in [0, 0.1) is 0 Å². The van der Waals surface area contributed by atoms with Crippen LogP contribution < -0.4 is 15.4 Å². The Morgan fingerprint density at radius 1 is 1.33 bits per heavy atom. The molecule has 0 unspecified atom stereocenters. The Morgan fingerprint density at radius 3 is 2.72 bits per heavy atom. The van der Waals surface area contributed by atoms with Crippen molar-refractivity contribution in [1.29, 1.82) is 0 Å². The predicted molar refractivity (Wildman–Crippen MR) is 76.1 cm³/mol. The molecule has 2 amide bonds. The molecule has 1 aromatic rings. The van der Waals surface area contributed by atoms with Crippen LogP contribution >= 0.6 is 15.9 Å². The van der Waals surface area contributed by atoms with Crippen molar-refractivity contribution in [3.05, 3.63) is 28.2 Å². The van der Waals surface area contributed by atoms with E-state index in [-0.39, 0.29) is 6.03 Å². The monoisotopic (exact) mass is 314 g/mol. The average Bonchev–Trinajstić information content (AvgIpc) is 2.36. The van der Waals surface area contributed by atoms with Crippen molar-refractivity contribution < 1.29 is 9.53 Å². The van der Waals surface area contributed by atoms with Gasteiger partial charge in [0, 0.05) is 17.6 Å². The van der Waals surface area contributed by atoms with E-state index in [4.69, 9.17) is 4.74 Å². The molecule has 0 radical (unpaired) electrons. The largest absolute Gasteiger partial charge is 0.496 e. The summed E-state index contributed by atoms with van der Waals surface area (Å²) in [6, 6.07) is 5.73. The summed E-state index contributed by atoms with van der Waals surface area (Å²) >= 11 is 3.43. The molecule has 0 saturated carbocycles.